The molecule has 0 radical (unpaired) electrons. The van der Waals surface area contributed by atoms with Gasteiger partial charge in [0.25, 0.3) is 0 Å². The zero-order valence-electron chi connectivity index (χ0n) is 11.3. The SMILES string of the molecule is Cn1cc(CCC(=O)c2ccc3ncccc3c2)cn1. The molecule has 2 aromatic heterocycles. The van der Waals surface area contributed by atoms with Crippen LogP contribution in [-0.2, 0) is 13.5 Å². The first-order chi connectivity index (χ1) is 9.72. The molecule has 0 saturated heterocycles. The van der Waals surface area contributed by atoms with Crippen molar-refractivity contribution in [2.75, 3.05) is 0 Å². The number of hydrogen-bond acceptors (Lipinski definition) is 3. The van der Waals surface area contributed by atoms with Gasteiger partial charge in [-0.2, -0.15) is 5.10 Å². The first-order valence-corrected chi connectivity index (χ1v) is 6.58. The molecule has 0 atom stereocenters. The Kier molecular flexibility index (Phi) is 3.29. The highest BCUT2D eigenvalue weighted by Crippen LogP contribution is 2.15. The topological polar surface area (TPSA) is 47.8 Å². The Bertz CT molecular complexity index is 761. The van der Waals surface area contributed by atoms with Gasteiger partial charge in [-0.1, -0.05) is 6.07 Å². The molecule has 4 heteroatoms. The molecule has 20 heavy (non-hydrogen) atoms. The number of ketones is 1. The lowest BCUT2D eigenvalue weighted by molar-refractivity contribution is 0.0983. The number of nitrogens with zero attached hydrogens (tertiary/aromatic N) is 3. The number of carbonyl (C=O) groups is 1. The molecule has 0 fully saturated rings. The van der Waals surface area contributed by atoms with Crippen LogP contribution >= 0.6 is 0 Å². The molecule has 100 valence electrons. The molecule has 2 heterocycles. The van der Waals surface area contributed by atoms with E-state index in [-0.39, 0.29) is 5.78 Å². The van der Waals surface area contributed by atoms with E-state index in [4.69, 9.17) is 0 Å². The molecule has 1 aromatic carbocycles. The van der Waals surface area contributed by atoms with E-state index >= 15 is 0 Å². The molecule has 0 amide bonds. The summed E-state index contributed by atoms with van der Waals surface area (Å²) in [6.07, 6.45) is 6.72. The highest BCUT2D eigenvalue weighted by atomic mass is 16.1. The highest BCUT2D eigenvalue weighted by Gasteiger charge is 2.08. The molecular weight excluding hydrogens is 250 g/mol. The Morgan fingerprint density at radius 1 is 1.30 bits per heavy atom. The van der Waals surface area contributed by atoms with Gasteiger partial charge in [0, 0.05) is 36.8 Å². The van der Waals surface area contributed by atoms with Crippen LogP contribution in [0.5, 0.6) is 0 Å². The molecule has 0 saturated carbocycles. The predicted molar refractivity (Wildman–Crippen MR) is 77.6 cm³/mol. The lowest BCUT2D eigenvalue weighted by atomic mass is 10.0. The Balaban J connectivity index is 1.75. The first-order valence-electron chi connectivity index (χ1n) is 6.58. The van der Waals surface area contributed by atoms with Crippen LogP contribution < -0.4 is 0 Å². The van der Waals surface area contributed by atoms with Crippen molar-refractivity contribution in [2.24, 2.45) is 7.05 Å². The number of pyridine rings is 1. The second kappa shape index (κ2) is 5.25. The number of benzene rings is 1. The predicted octanol–water partition coefficient (Wildman–Crippen LogP) is 2.78. The van der Waals surface area contributed by atoms with Gasteiger partial charge in [-0.05, 0) is 36.2 Å². The number of hydrogen-bond donors (Lipinski definition) is 0. The summed E-state index contributed by atoms with van der Waals surface area (Å²) in [6, 6.07) is 9.51. The molecular formula is C16H15N3O. The van der Waals surface area contributed by atoms with Crippen molar-refractivity contribution in [3.63, 3.8) is 0 Å². The third-order valence-corrected chi connectivity index (χ3v) is 3.32. The summed E-state index contributed by atoms with van der Waals surface area (Å²) in [4.78, 5) is 16.5. The molecule has 0 aliphatic carbocycles. The second-order valence-corrected chi connectivity index (χ2v) is 4.86. The Morgan fingerprint density at radius 3 is 3.00 bits per heavy atom. The van der Waals surface area contributed by atoms with Gasteiger partial charge in [0.2, 0.25) is 0 Å². The van der Waals surface area contributed by atoms with E-state index in [9.17, 15) is 4.79 Å². The van der Waals surface area contributed by atoms with Crippen LogP contribution in [0.3, 0.4) is 0 Å². The lowest BCUT2D eigenvalue weighted by Crippen LogP contribution is -2.01. The average molecular weight is 265 g/mol. The maximum atomic E-state index is 12.2. The normalized spacial score (nSPS) is 10.8. The minimum absolute atomic E-state index is 0.152. The summed E-state index contributed by atoms with van der Waals surface area (Å²) >= 11 is 0. The summed E-state index contributed by atoms with van der Waals surface area (Å²) in [5.74, 6) is 0.152. The number of fused-ring (bicyclic) bond motifs is 1. The quantitative estimate of drug-likeness (QED) is 0.681. The second-order valence-electron chi connectivity index (χ2n) is 4.86. The first kappa shape index (κ1) is 12.5. The van der Waals surface area contributed by atoms with Crippen molar-refractivity contribution < 1.29 is 4.79 Å². The van der Waals surface area contributed by atoms with Gasteiger partial charge < -0.3 is 0 Å². The Labute approximate surface area is 117 Å². The maximum absolute atomic E-state index is 12.2. The fourth-order valence-electron chi connectivity index (χ4n) is 2.25. The van der Waals surface area contributed by atoms with Gasteiger partial charge >= 0.3 is 0 Å². The van der Waals surface area contributed by atoms with Crippen LogP contribution in [0.4, 0.5) is 0 Å². The van der Waals surface area contributed by atoms with Crippen LogP contribution in [0, 0.1) is 0 Å². The number of rotatable bonds is 4. The van der Waals surface area contributed by atoms with Gasteiger partial charge in [-0.3, -0.25) is 14.5 Å². The van der Waals surface area contributed by atoms with Gasteiger partial charge in [-0.15, -0.1) is 0 Å². The fourth-order valence-corrected chi connectivity index (χ4v) is 2.25. The third kappa shape index (κ3) is 2.59. The molecule has 0 aliphatic rings. The van der Waals surface area contributed by atoms with Crippen LogP contribution in [0.15, 0.2) is 48.9 Å². The minimum atomic E-state index is 0.152. The Morgan fingerprint density at radius 2 is 2.20 bits per heavy atom. The van der Waals surface area contributed by atoms with Crippen LogP contribution in [0.25, 0.3) is 10.9 Å². The summed E-state index contributed by atoms with van der Waals surface area (Å²) in [6.45, 7) is 0. The van der Waals surface area contributed by atoms with Gasteiger partial charge in [0.1, 0.15) is 0 Å². The zero-order chi connectivity index (χ0) is 13.9. The fraction of sp³-hybridized carbons (Fsp3) is 0.188. The van der Waals surface area contributed by atoms with Gasteiger partial charge in [-0.25, -0.2) is 0 Å². The number of carbonyl (C=O) groups excluding carboxylic acids is 1. The Hall–Kier alpha value is -2.49. The van der Waals surface area contributed by atoms with E-state index in [0.717, 1.165) is 28.5 Å². The maximum Gasteiger partial charge on any atom is 0.163 e. The monoisotopic (exact) mass is 265 g/mol. The molecule has 0 bridgehead atoms. The van der Waals surface area contributed by atoms with Crippen LogP contribution in [0.2, 0.25) is 0 Å². The van der Waals surface area contributed by atoms with Crippen molar-refractivity contribution in [3.05, 3.63) is 60.0 Å². The third-order valence-electron chi connectivity index (χ3n) is 3.32. The van der Waals surface area contributed by atoms with Gasteiger partial charge in [0.15, 0.2) is 5.78 Å². The minimum Gasteiger partial charge on any atom is -0.294 e. The molecule has 4 nitrogen and oxygen atoms in total. The van der Waals surface area contributed by atoms with E-state index in [1.165, 1.54) is 0 Å². The van der Waals surface area contributed by atoms with E-state index in [2.05, 4.69) is 10.1 Å². The number of Topliss-reactive ketones (excluding diaryl/α,β-unsaturated/α-hetero) is 1. The smallest absolute Gasteiger partial charge is 0.163 e. The standard InChI is InChI=1S/C16H15N3O/c1-19-11-12(10-18-19)4-7-16(20)14-5-6-15-13(9-14)3-2-8-17-15/h2-3,5-6,8-11H,4,7H2,1H3. The van der Waals surface area contributed by atoms with Crippen LogP contribution in [0.1, 0.15) is 22.3 Å². The molecule has 0 spiro atoms. The van der Waals surface area contributed by atoms with E-state index in [1.807, 2.05) is 43.6 Å². The van der Waals surface area contributed by atoms with E-state index in [0.29, 0.717) is 6.42 Å². The molecule has 0 N–H and O–H groups in total. The molecule has 3 rings (SSSR count). The number of aryl methyl sites for hydroxylation is 2. The molecule has 3 aromatic rings. The van der Waals surface area contributed by atoms with Crippen molar-refractivity contribution in [2.45, 2.75) is 12.8 Å². The van der Waals surface area contributed by atoms with Crippen molar-refractivity contribution in [1.82, 2.24) is 14.8 Å². The van der Waals surface area contributed by atoms with Crippen molar-refractivity contribution in [1.29, 1.82) is 0 Å². The summed E-state index contributed by atoms with van der Waals surface area (Å²) in [7, 11) is 1.88. The molecule has 0 unspecified atom stereocenters. The average Bonchev–Trinajstić information content (AvgIpc) is 2.90. The molecule has 0 aliphatic heterocycles. The summed E-state index contributed by atoms with van der Waals surface area (Å²) < 4.78 is 1.75. The summed E-state index contributed by atoms with van der Waals surface area (Å²) in [5.41, 5.74) is 2.74. The van der Waals surface area contributed by atoms with Gasteiger partial charge in [0.05, 0.1) is 11.7 Å². The highest BCUT2D eigenvalue weighted by molar-refractivity contribution is 5.99. The zero-order valence-corrected chi connectivity index (χ0v) is 11.3. The van der Waals surface area contributed by atoms with Crippen molar-refractivity contribution in [3.8, 4) is 0 Å². The van der Waals surface area contributed by atoms with E-state index < -0.39 is 0 Å². The van der Waals surface area contributed by atoms with Crippen molar-refractivity contribution >= 4 is 16.7 Å². The summed E-state index contributed by atoms with van der Waals surface area (Å²) in [5, 5.41) is 5.11. The lowest BCUT2D eigenvalue weighted by Gasteiger charge is -2.02. The van der Waals surface area contributed by atoms with Crippen LogP contribution in [-0.4, -0.2) is 20.5 Å². The largest absolute Gasteiger partial charge is 0.294 e. The van der Waals surface area contributed by atoms with E-state index in [1.54, 1.807) is 17.1 Å². The number of aromatic nitrogens is 3.